The second-order valence-corrected chi connectivity index (χ2v) is 37.6. The number of rotatable bonds is 21. The lowest BCUT2D eigenvalue weighted by Gasteiger charge is -2.13. The SMILES string of the molecule is CC(=O)C(=O)c1ccccc1.COc1ccc(Cn2nc(-c3nc(-c4ccccc4)c(C)[nH]3)c3cc(-c4cncc5ccccc45)ccc32)cc1.COc1ccc(Cn2nc(C3=NC(c4ccccc4)C(C)N3)c3cc(I)ccc32)cc1.COc1ccc(Cn2nc(C=O)c3cc(I)ccc32)cc1.Cc1[nH]c(-c2n[nH]c3ccc(-c4cncc5ccccc45)cc23)nc1-c1ccccc1.OB(O)c1cncc2ccccc12. The Hall–Kier alpha value is -17.1. The number of benzene rings is 14. The number of hydrogen-bond acceptors (Lipinski definition) is 19. The molecule has 147 heavy (non-hydrogen) atoms. The predicted octanol–water partition coefficient (Wildman–Crippen LogP) is 23.9. The number of carbonyl (C=O) groups excluding carboxylic acids is 3. The number of methoxy groups -OCH3 is 3. The van der Waals surface area contributed by atoms with Crippen molar-refractivity contribution >= 4 is 157 Å². The summed E-state index contributed by atoms with van der Waals surface area (Å²) in [6.07, 6.45) is 11.6. The highest BCUT2D eigenvalue weighted by Gasteiger charge is 2.31. The topological polar surface area (TPSA) is 322 Å². The first-order valence-electron chi connectivity index (χ1n) is 47.5. The molecule has 6 N–H and O–H groups in total. The molecule has 23 aromatic rings. The van der Waals surface area contributed by atoms with Crippen molar-refractivity contribution in [2.45, 2.75) is 59.4 Å². The van der Waals surface area contributed by atoms with Crippen LogP contribution in [0.5, 0.6) is 17.2 Å². The number of amidine groups is 1. The number of aryl methyl sites for hydroxylation is 2. The summed E-state index contributed by atoms with van der Waals surface area (Å²) in [6.45, 7) is 9.48. The number of imidazole rings is 2. The van der Waals surface area contributed by atoms with E-state index in [1.54, 1.807) is 57.9 Å². The van der Waals surface area contributed by atoms with Crippen LogP contribution in [0.2, 0.25) is 0 Å². The summed E-state index contributed by atoms with van der Waals surface area (Å²) >= 11 is 4.59. The first-order valence-corrected chi connectivity index (χ1v) is 49.7. The van der Waals surface area contributed by atoms with E-state index in [2.05, 4.69) is 278 Å². The number of nitrogens with one attached hydrogen (secondary N) is 4. The van der Waals surface area contributed by atoms with Gasteiger partial charge in [-0.05, 0) is 218 Å². The van der Waals surface area contributed by atoms with E-state index in [1.807, 2.05) is 182 Å². The van der Waals surface area contributed by atoms with Gasteiger partial charge in [0.25, 0.3) is 0 Å². The number of ether oxygens (including phenoxy) is 3. The van der Waals surface area contributed by atoms with Gasteiger partial charge in [0.05, 0.1) is 86.5 Å². The second-order valence-electron chi connectivity index (χ2n) is 35.1. The highest BCUT2D eigenvalue weighted by molar-refractivity contribution is 14.1. The molecule has 9 aromatic heterocycles. The summed E-state index contributed by atoms with van der Waals surface area (Å²) in [7, 11) is 3.55. The fourth-order valence-corrected chi connectivity index (χ4v) is 19.0. The van der Waals surface area contributed by atoms with Crippen LogP contribution in [0.4, 0.5) is 0 Å². The molecule has 0 aliphatic carbocycles. The van der Waals surface area contributed by atoms with Crippen LogP contribution in [0.15, 0.2) is 382 Å². The Kier molecular flexibility index (Phi) is 30.4. The lowest BCUT2D eigenvalue weighted by molar-refractivity contribution is -0.113. The molecule has 24 rings (SSSR count). The van der Waals surface area contributed by atoms with Gasteiger partial charge in [0.1, 0.15) is 40.0 Å². The van der Waals surface area contributed by atoms with Crippen LogP contribution in [0, 0.1) is 21.0 Å². The number of aromatic amines is 3. The molecular formula is C119H98BI2N17O8. The van der Waals surface area contributed by atoms with Crippen LogP contribution in [0.25, 0.3) is 144 Å². The average molecular weight is 2160 g/mol. The average Bonchev–Trinajstić information content (AvgIpc) is 1.65. The quantitative estimate of drug-likeness (QED) is 0.0128. The van der Waals surface area contributed by atoms with Gasteiger partial charge in [-0.3, -0.25) is 53.5 Å². The number of halogens is 2. The molecule has 10 heterocycles. The maximum absolute atomic E-state index is 11.2. The molecule has 2 unspecified atom stereocenters. The normalized spacial score (nSPS) is 12.4. The van der Waals surface area contributed by atoms with E-state index in [4.69, 9.17) is 49.4 Å². The van der Waals surface area contributed by atoms with Crippen molar-refractivity contribution in [1.29, 1.82) is 0 Å². The molecule has 28 heteroatoms. The third-order valence-corrected chi connectivity index (χ3v) is 26.8. The van der Waals surface area contributed by atoms with Gasteiger partial charge in [0.2, 0.25) is 5.78 Å². The summed E-state index contributed by atoms with van der Waals surface area (Å²) in [5, 5.41) is 54.3. The number of H-pyrrole nitrogens is 3. The van der Waals surface area contributed by atoms with Crippen molar-refractivity contribution in [3.63, 3.8) is 0 Å². The maximum Gasteiger partial charge on any atom is 0.490 e. The zero-order chi connectivity index (χ0) is 102. The van der Waals surface area contributed by atoms with Crippen LogP contribution >= 0.6 is 45.2 Å². The number of nitrogens with zero attached hydrogens (tertiary/aromatic N) is 13. The molecule has 14 aromatic carbocycles. The number of Topliss-reactive ketones (excluding diaryl/α,β-unsaturated/α-hetero) is 2. The minimum Gasteiger partial charge on any atom is -0.497 e. The van der Waals surface area contributed by atoms with Crippen molar-refractivity contribution < 1.29 is 38.6 Å². The molecule has 0 radical (unpaired) electrons. The fraction of sp³-hybridized carbons (Fsp3) is 0.101. The molecule has 0 bridgehead atoms. The molecule has 2 atom stereocenters. The molecule has 1 aliphatic heterocycles. The van der Waals surface area contributed by atoms with E-state index >= 15 is 0 Å². The molecule has 0 amide bonds. The van der Waals surface area contributed by atoms with E-state index < -0.39 is 18.7 Å². The Morgan fingerprint density at radius 3 is 1.33 bits per heavy atom. The van der Waals surface area contributed by atoms with Gasteiger partial charge in [-0.15, -0.1) is 0 Å². The number of aromatic nitrogens is 15. The molecule has 724 valence electrons. The number of pyridine rings is 3. The highest BCUT2D eigenvalue weighted by Crippen LogP contribution is 2.40. The van der Waals surface area contributed by atoms with Crippen LogP contribution in [0.3, 0.4) is 0 Å². The molecule has 0 saturated carbocycles. The van der Waals surface area contributed by atoms with E-state index in [-0.39, 0.29) is 12.1 Å². The lowest BCUT2D eigenvalue weighted by atomic mass is 9.78. The van der Waals surface area contributed by atoms with Gasteiger partial charge in [-0.25, -0.2) is 9.97 Å². The largest absolute Gasteiger partial charge is 0.497 e. The van der Waals surface area contributed by atoms with Gasteiger partial charge in [0.15, 0.2) is 29.6 Å². The zero-order valence-corrected chi connectivity index (χ0v) is 85.5. The Balaban J connectivity index is 0.000000116. The van der Waals surface area contributed by atoms with Crippen LogP contribution < -0.4 is 25.0 Å². The van der Waals surface area contributed by atoms with Crippen LogP contribution in [-0.2, 0) is 24.4 Å². The first kappa shape index (κ1) is 98.7. The van der Waals surface area contributed by atoms with Gasteiger partial charge < -0.3 is 39.5 Å². The first-order chi connectivity index (χ1) is 71.8. The molecule has 0 saturated heterocycles. The van der Waals surface area contributed by atoms with Gasteiger partial charge in [0, 0.05) is 128 Å². The summed E-state index contributed by atoms with van der Waals surface area (Å²) in [6, 6.07) is 113. The molecule has 0 spiro atoms. The number of aldehydes is 1. The van der Waals surface area contributed by atoms with E-state index in [0.717, 1.165) is 194 Å². The summed E-state index contributed by atoms with van der Waals surface area (Å²) in [5.41, 5.74) is 23.1. The van der Waals surface area contributed by atoms with Crippen molar-refractivity contribution in [2.75, 3.05) is 21.3 Å². The van der Waals surface area contributed by atoms with E-state index in [1.165, 1.54) is 38.6 Å². The summed E-state index contributed by atoms with van der Waals surface area (Å²) in [4.78, 5) is 67.5. The van der Waals surface area contributed by atoms with Crippen molar-refractivity contribution in [3.05, 3.63) is 435 Å². The molecule has 25 nitrogen and oxygen atoms in total. The summed E-state index contributed by atoms with van der Waals surface area (Å²) < 4.78 is 24.0. The Morgan fingerprint density at radius 1 is 0.415 bits per heavy atom. The predicted molar refractivity (Wildman–Crippen MR) is 601 cm³/mol. The Labute approximate surface area is 874 Å². The highest BCUT2D eigenvalue weighted by atomic mass is 127. The van der Waals surface area contributed by atoms with Gasteiger partial charge in [-0.1, -0.05) is 243 Å². The van der Waals surface area contributed by atoms with Gasteiger partial charge >= 0.3 is 7.12 Å². The number of ketones is 2. The van der Waals surface area contributed by atoms with E-state index in [0.29, 0.717) is 36.4 Å². The number of hydrogen-bond donors (Lipinski definition) is 6. The zero-order valence-electron chi connectivity index (χ0n) is 81.1. The smallest absolute Gasteiger partial charge is 0.490 e. The monoisotopic (exact) mass is 2160 g/mol. The lowest BCUT2D eigenvalue weighted by Crippen LogP contribution is -2.30. The maximum atomic E-state index is 11.2. The Bertz CT molecular complexity index is 8690. The fourth-order valence-electron chi connectivity index (χ4n) is 18.0. The molecular weight excluding hydrogens is 2060 g/mol. The van der Waals surface area contributed by atoms with Crippen molar-refractivity contribution in [1.82, 2.24) is 79.7 Å². The van der Waals surface area contributed by atoms with Crippen LogP contribution in [-0.4, -0.2) is 143 Å². The third kappa shape index (κ3) is 22.3. The van der Waals surface area contributed by atoms with Crippen molar-refractivity contribution in [3.8, 4) is 85.1 Å². The number of fused-ring (bicyclic) bond motifs is 7. The third-order valence-electron chi connectivity index (χ3n) is 25.4. The second kappa shape index (κ2) is 45.3. The summed E-state index contributed by atoms with van der Waals surface area (Å²) in [5.74, 6) is 4.05. The molecule has 0 fully saturated rings. The van der Waals surface area contributed by atoms with Crippen molar-refractivity contribution in [2.24, 2.45) is 4.99 Å². The van der Waals surface area contributed by atoms with Gasteiger partial charge in [-0.2, -0.15) is 20.4 Å². The minimum absolute atomic E-state index is 0.0840. The number of aliphatic imine (C=N–C) groups is 1. The standard InChI is InChI=1S/C34H27N5O.C26H19N5.C25H23IN4O.C16H13IN2O2.C9H8BNO2.C9H8O2/c1-22-32(24-8-4-3-5-9-24)37-34(36-22)33-29-18-25(30-20-35-19-26-10-6-7-11-28(26)30)14-17-31(29)39(38-33)21-23-12-15-27(40-2)16-13-23;1-16-24(17-7-3-2-4-8-17)29-26(28-16)25-21-13-18(11-12-23(21)30-31-25)22-15-27-14-19-9-5-6-10-20(19)22;1-16-23(18-6-4-3-5-7-18)28-25(27-16)24-21-14-19(26)10-13-22(21)30(29-24)15-17-8-11-20(31-2)12-9-17;1-21-13-5-2-11(3-6-13)9-19-16-7-4-12(17)8-14(16)15(10-20)18-19;12-10(13)9-6-11-5-7-3-1-2-4-8(7)9;1-7(10)9(11)8-5-3-2-4-6-8/h3-20H,21H2,1-2H3,(H,36,37);2-15H,1H3,(H,28,29)(H,30,31);3-14,16,23H,15H2,1-2H3,(H,27,28);2-8,10H,9H2,1H3;1-6,12-13H;2-6H,1H3. The number of carbonyl (C=O) groups is 3. The minimum atomic E-state index is -1.46. The van der Waals surface area contributed by atoms with E-state index in [9.17, 15) is 14.4 Å². The Morgan fingerprint density at radius 2 is 0.830 bits per heavy atom. The van der Waals surface area contributed by atoms with Crippen LogP contribution in [0.1, 0.15) is 80.1 Å². The molecule has 1 aliphatic rings.